The molecule has 1 heterocycles. The van der Waals surface area contributed by atoms with Gasteiger partial charge in [0.05, 0.1) is 36.7 Å². The molecule has 0 fully saturated rings. The van der Waals surface area contributed by atoms with Crippen molar-refractivity contribution in [2.24, 2.45) is 0 Å². The Kier molecular flexibility index (Phi) is 4.37. The molecule has 3 rings (SSSR count). The summed E-state index contributed by atoms with van der Waals surface area (Å²) in [4.78, 5) is 12.1. The molecule has 0 spiro atoms. The molecule has 0 unspecified atom stereocenters. The summed E-state index contributed by atoms with van der Waals surface area (Å²) < 4.78 is 10.7. The van der Waals surface area contributed by atoms with Crippen LogP contribution in [-0.2, 0) is 11.2 Å². The summed E-state index contributed by atoms with van der Waals surface area (Å²) in [6.45, 7) is 0. The first-order valence-electron chi connectivity index (χ1n) is 7.03. The Labute approximate surface area is 144 Å². The van der Waals surface area contributed by atoms with Crippen LogP contribution in [0.15, 0.2) is 30.3 Å². The van der Waals surface area contributed by atoms with Crippen LogP contribution in [0.5, 0.6) is 11.5 Å². The number of ether oxygens (including phenoxy) is 2. The van der Waals surface area contributed by atoms with Crippen LogP contribution < -0.4 is 14.8 Å². The van der Waals surface area contributed by atoms with Gasteiger partial charge in [-0.15, -0.1) is 0 Å². The van der Waals surface area contributed by atoms with Crippen molar-refractivity contribution in [1.82, 2.24) is 5.32 Å². The highest BCUT2D eigenvalue weighted by Gasteiger charge is 2.29. The molecule has 0 saturated carbocycles. The van der Waals surface area contributed by atoms with Crippen LogP contribution in [0.4, 0.5) is 0 Å². The van der Waals surface area contributed by atoms with Crippen molar-refractivity contribution >= 4 is 29.1 Å². The Balaban J connectivity index is 2.18. The minimum absolute atomic E-state index is 0.0780. The molecule has 4 nitrogen and oxygen atoms in total. The Bertz CT molecular complexity index is 777. The molecule has 0 saturated heterocycles. The Hall–Kier alpha value is -1.91. The van der Waals surface area contributed by atoms with Gasteiger partial charge in [0.2, 0.25) is 5.91 Å². The number of amides is 1. The van der Waals surface area contributed by atoms with Crippen LogP contribution >= 0.6 is 23.2 Å². The van der Waals surface area contributed by atoms with Gasteiger partial charge in [-0.25, -0.2) is 0 Å². The first-order valence-corrected chi connectivity index (χ1v) is 7.78. The first-order chi connectivity index (χ1) is 11.0. The second kappa shape index (κ2) is 6.30. The van der Waals surface area contributed by atoms with Crippen molar-refractivity contribution < 1.29 is 14.3 Å². The fourth-order valence-corrected chi connectivity index (χ4v) is 3.23. The molecule has 0 aromatic heterocycles. The molecule has 23 heavy (non-hydrogen) atoms. The van der Waals surface area contributed by atoms with E-state index in [-0.39, 0.29) is 18.4 Å². The second-order valence-corrected chi connectivity index (χ2v) is 6.01. The normalized spacial score (nSPS) is 16.5. The average molecular weight is 352 g/mol. The van der Waals surface area contributed by atoms with Gasteiger partial charge in [0.15, 0.2) is 11.5 Å². The van der Waals surface area contributed by atoms with Crippen molar-refractivity contribution in [3.63, 3.8) is 0 Å². The quantitative estimate of drug-likeness (QED) is 0.915. The maximum absolute atomic E-state index is 12.1. The van der Waals surface area contributed by atoms with E-state index in [1.807, 2.05) is 24.3 Å². The van der Waals surface area contributed by atoms with E-state index in [1.165, 1.54) is 0 Å². The van der Waals surface area contributed by atoms with Gasteiger partial charge < -0.3 is 14.8 Å². The summed E-state index contributed by atoms with van der Waals surface area (Å²) in [6.07, 6.45) is 0.282. The number of fused-ring (bicyclic) bond motifs is 1. The molecule has 1 atom stereocenters. The summed E-state index contributed by atoms with van der Waals surface area (Å²) in [6, 6.07) is 8.70. The topological polar surface area (TPSA) is 47.6 Å². The molecule has 1 N–H and O–H groups in total. The van der Waals surface area contributed by atoms with Gasteiger partial charge in [-0.05, 0) is 34.9 Å². The van der Waals surface area contributed by atoms with Crippen LogP contribution in [0.1, 0.15) is 22.7 Å². The summed E-state index contributed by atoms with van der Waals surface area (Å²) in [5.74, 6) is 1.12. The zero-order chi connectivity index (χ0) is 16.6. The number of hydrogen-bond acceptors (Lipinski definition) is 3. The molecular formula is C17H15Cl2NO3. The molecule has 1 aliphatic heterocycles. The molecule has 2 aromatic carbocycles. The van der Waals surface area contributed by atoms with Gasteiger partial charge >= 0.3 is 0 Å². The van der Waals surface area contributed by atoms with Crippen LogP contribution in [0.25, 0.3) is 0 Å². The van der Waals surface area contributed by atoms with Crippen LogP contribution in [0, 0.1) is 0 Å². The van der Waals surface area contributed by atoms with E-state index in [9.17, 15) is 4.79 Å². The number of benzene rings is 2. The van der Waals surface area contributed by atoms with Crippen molar-refractivity contribution in [3.8, 4) is 11.5 Å². The molecule has 2 aromatic rings. The number of methoxy groups -OCH3 is 2. The van der Waals surface area contributed by atoms with Gasteiger partial charge in [-0.3, -0.25) is 4.79 Å². The predicted molar refractivity (Wildman–Crippen MR) is 89.7 cm³/mol. The fourth-order valence-electron chi connectivity index (χ4n) is 2.81. The molecule has 0 aliphatic carbocycles. The standard InChI is InChI=1S/C17H15Cl2NO3/c1-22-13-6-9-7-15(21)20-17(11(9)8-14(13)23-2)10-4-3-5-12(18)16(10)19/h3-6,8,17H,7H2,1-2H3,(H,20,21)/t17-/m1/s1. The summed E-state index contributed by atoms with van der Waals surface area (Å²) in [5, 5.41) is 3.85. The van der Waals surface area contributed by atoms with E-state index in [2.05, 4.69) is 5.32 Å². The lowest BCUT2D eigenvalue weighted by molar-refractivity contribution is -0.121. The van der Waals surface area contributed by atoms with E-state index in [1.54, 1.807) is 20.3 Å². The molecule has 0 radical (unpaired) electrons. The van der Waals surface area contributed by atoms with Crippen LogP contribution in [0.2, 0.25) is 10.0 Å². The molecule has 0 bridgehead atoms. The predicted octanol–water partition coefficient (Wildman–Crippen LogP) is 3.77. The van der Waals surface area contributed by atoms with Crippen LogP contribution in [0.3, 0.4) is 0 Å². The molecule has 120 valence electrons. The minimum atomic E-state index is -0.378. The number of carbonyl (C=O) groups excluding carboxylic acids is 1. The molecular weight excluding hydrogens is 337 g/mol. The number of hydrogen-bond donors (Lipinski definition) is 1. The monoisotopic (exact) mass is 351 g/mol. The van der Waals surface area contributed by atoms with Gasteiger partial charge in [0.1, 0.15) is 0 Å². The minimum Gasteiger partial charge on any atom is -0.493 e. The van der Waals surface area contributed by atoms with Crippen LogP contribution in [-0.4, -0.2) is 20.1 Å². The van der Waals surface area contributed by atoms with E-state index in [4.69, 9.17) is 32.7 Å². The van der Waals surface area contributed by atoms with Gasteiger partial charge in [-0.1, -0.05) is 35.3 Å². The second-order valence-electron chi connectivity index (χ2n) is 5.23. The van der Waals surface area contributed by atoms with Gasteiger partial charge in [-0.2, -0.15) is 0 Å². The molecule has 1 aliphatic rings. The maximum atomic E-state index is 12.1. The third kappa shape index (κ3) is 2.84. The van der Waals surface area contributed by atoms with E-state index in [0.717, 1.165) is 16.7 Å². The maximum Gasteiger partial charge on any atom is 0.225 e. The van der Waals surface area contributed by atoms with Gasteiger partial charge in [0.25, 0.3) is 0 Å². The Morgan fingerprint density at radius 1 is 1.09 bits per heavy atom. The zero-order valence-electron chi connectivity index (χ0n) is 12.7. The van der Waals surface area contributed by atoms with Crippen molar-refractivity contribution in [1.29, 1.82) is 0 Å². The summed E-state index contributed by atoms with van der Waals surface area (Å²) in [7, 11) is 3.14. The lowest BCUT2D eigenvalue weighted by Crippen LogP contribution is -2.36. The van der Waals surface area contributed by atoms with E-state index >= 15 is 0 Å². The Morgan fingerprint density at radius 3 is 2.48 bits per heavy atom. The molecule has 1 amide bonds. The lowest BCUT2D eigenvalue weighted by atomic mass is 9.89. The Morgan fingerprint density at radius 2 is 1.78 bits per heavy atom. The van der Waals surface area contributed by atoms with E-state index < -0.39 is 0 Å². The SMILES string of the molecule is COc1cc2c(cc1OC)[C@@H](c1cccc(Cl)c1Cl)NC(=O)C2. The van der Waals surface area contributed by atoms with Crippen molar-refractivity contribution in [3.05, 3.63) is 57.1 Å². The number of carbonyl (C=O) groups is 1. The van der Waals surface area contributed by atoms with Gasteiger partial charge in [0, 0.05) is 0 Å². The third-order valence-electron chi connectivity index (χ3n) is 3.91. The largest absolute Gasteiger partial charge is 0.493 e. The highest BCUT2D eigenvalue weighted by molar-refractivity contribution is 6.42. The number of rotatable bonds is 3. The average Bonchev–Trinajstić information content (AvgIpc) is 2.55. The highest BCUT2D eigenvalue weighted by atomic mass is 35.5. The summed E-state index contributed by atoms with van der Waals surface area (Å²) >= 11 is 12.4. The highest BCUT2D eigenvalue weighted by Crippen LogP contribution is 2.40. The smallest absolute Gasteiger partial charge is 0.225 e. The first kappa shape index (κ1) is 16.0. The fraction of sp³-hybridized carbons (Fsp3) is 0.235. The number of halogens is 2. The molecule has 6 heteroatoms. The zero-order valence-corrected chi connectivity index (χ0v) is 14.2. The van der Waals surface area contributed by atoms with Crippen molar-refractivity contribution in [2.75, 3.05) is 14.2 Å². The summed E-state index contributed by atoms with van der Waals surface area (Å²) in [5.41, 5.74) is 2.56. The lowest BCUT2D eigenvalue weighted by Gasteiger charge is -2.29. The van der Waals surface area contributed by atoms with E-state index in [0.29, 0.717) is 21.5 Å². The third-order valence-corrected chi connectivity index (χ3v) is 4.74. The van der Waals surface area contributed by atoms with Crippen molar-refractivity contribution in [2.45, 2.75) is 12.5 Å². The number of nitrogens with one attached hydrogen (secondary N) is 1.